The third kappa shape index (κ3) is 50.9. The summed E-state index contributed by atoms with van der Waals surface area (Å²) in [5.74, 6) is -0.0288. The molecule has 0 radical (unpaired) electrons. The average molecular weight is 881 g/mol. The number of unbranched alkanes of at least 4 members (excludes halogenated alkanes) is 34. The molecular formula is C59H109NO3. The van der Waals surface area contributed by atoms with Crippen LogP contribution in [0.25, 0.3) is 0 Å². The summed E-state index contributed by atoms with van der Waals surface area (Å²) in [6, 6.07) is -0.537. The van der Waals surface area contributed by atoms with Gasteiger partial charge < -0.3 is 15.5 Å². The van der Waals surface area contributed by atoms with Crippen molar-refractivity contribution < 1.29 is 15.0 Å². The normalized spacial score (nSPS) is 13.3. The van der Waals surface area contributed by atoms with Gasteiger partial charge in [-0.2, -0.15) is 0 Å². The molecule has 63 heavy (non-hydrogen) atoms. The van der Waals surface area contributed by atoms with Crippen molar-refractivity contribution in [2.45, 2.75) is 302 Å². The van der Waals surface area contributed by atoms with Crippen molar-refractivity contribution >= 4 is 5.91 Å². The van der Waals surface area contributed by atoms with E-state index in [1.807, 2.05) is 0 Å². The Bertz CT molecular complexity index is 1040. The Morgan fingerprint density at radius 1 is 0.397 bits per heavy atom. The number of aliphatic hydroxyl groups is 2. The Balaban J connectivity index is 3.45. The number of allylic oxidation sites excluding steroid dienone is 10. The Morgan fingerprint density at radius 2 is 0.698 bits per heavy atom. The van der Waals surface area contributed by atoms with Gasteiger partial charge in [0.15, 0.2) is 0 Å². The van der Waals surface area contributed by atoms with E-state index >= 15 is 0 Å². The van der Waals surface area contributed by atoms with Crippen molar-refractivity contribution in [3.8, 4) is 0 Å². The zero-order valence-electron chi connectivity index (χ0n) is 42.3. The first kappa shape index (κ1) is 61.1. The molecule has 0 aliphatic rings. The predicted molar refractivity (Wildman–Crippen MR) is 281 cm³/mol. The van der Waals surface area contributed by atoms with Gasteiger partial charge in [0.05, 0.1) is 18.8 Å². The van der Waals surface area contributed by atoms with Crippen molar-refractivity contribution in [3.05, 3.63) is 60.8 Å². The quantitative estimate of drug-likeness (QED) is 0.0421. The molecule has 2 unspecified atom stereocenters. The minimum absolute atomic E-state index is 0.0288. The summed E-state index contributed by atoms with van der Waals surface area (Å²) in [7, 11) is 0. The van der Waals surface area contributed by atoms with Gasteiger partial charge in [-0.3, -0.25) is 4.79 Å². The standard InChI is InChI=1S/C59H109NO3/c1-3-5-7-9-11-13-15-17-19-21-23-24-25-26-27-28-29-30-31-32-33-34-35-36-37-39-41-43-45-47-49-51-53-55-59(63)60-57(56-61)58(62)54-52-50-48-46-44-42-40-38-22-20-18-16-14-12-10-8-6-4-2/h5,7,11,13,17,19,23-24,26-27,57-58,61-62H,3-4,6,8-10,12,14-16,18,20-22,25,28-56H2,1-2H3,(H,60,63)/b7-5-,13-11-,19-17-,24-23-,27-26-. The van der Waals surface area contributed by atoms with Crippen LogP contribution in [0.5, 0.6) is 0 Å². The molecule has 0 aliphatic heterocycles. The van der Waals surface area contributed by atoms with Crippen LogP contribution in [0.4, 0.5) is 0 Å². The molecule has 0 bridgehead atoms. The number of carbonyl (C=O) groups excluding carboxylic acids is 1. The van der Waals surface area contributed by atoms with Crippen LogP contribution in [0.1, 0.15) is 290 Å². The van der Waals surface area contributed by atoms with E-state index in [1.54, 1.807) is 0 Å². The maximum Gasteiger partial charge on any atom is 0.220 e. The fraction of sp³-hybridized carbons (Fsp3) is 0.814. The summed E-state index contributed by atoms with van der Waals surface area (Å²) in [6.07, 6.45) is 76.3. The summed E-state index contributed by atoms with van der Waals surface area (Å²) in [5, 5.41) is 23.3. The lowest BCUT2D eigenvalue weighted by Gasteiger charge is -2.22. The van der Waals surface area contributed by atoms with Gasteiger partial charge in [0.2, 0.25) is 5.91 Å². The van der Waals surface area contributed by atoms with E-state index in [-0.39, 0.29) is 12.5 Å². The van der Waals surface area contributed by atoms with Crippen LogP contribution in [0.3, 0.4) is 0 Å². The van der Waals surface area contributed by atoms with Gasteiger partial charge in [0.25, 0.3) is 0 Å². The summed E-state index contributed by atoms with van der Waals surface area (Å²) < 4.78 is 0. The zero-order valence-corrected chi connectivity index (χ0v) is 42.3. The van der Waals surface area contributed by atoms with E-state index in [1.165, 1.54) is 205 Å². The lowest BCUT2D eigenvalue weighted by molar-refractivity contribution is -0.123. The number of amides is 1. The maximum absolute atomic E-state index is 12.5. The van der Waals surface area contributed by atoms with Crippen LogP contribution >= 0.6 is 0 Å². The second-order valence-electron chi connectivity index (χ2n) is 19.0. The molecule has 4 heteroatoms. The highest BCUT2D eigenvalue weighted by molar-refractivity contribution is 5.76. The molecule has 0 spiro atoms. The second kappa shape index (κ2) is 54.4. The van der Waals surface area contributed by atoms with E-state index in [2.05, 4.69) is 79.9 Å². The minimum atomic E-state index is -0.660. The van der Waals surface area contributed by atoms with Crippen LogP contribution in [0.2, 0.25) is 0 Å². The lowest BCUT2D eigenvalue weighted by Crippen LogP contribution is -2.45. The second-order valence-corrected chi connectivity index (χ2v) is 19.0. The Hall–Kier alpha value is -1.91. The molecule has 0 aromatic carbocycles. The monoisotopic (exact) mass is 880 g/mol. The van der Waals surface area contributed by atoms with E-state index in [0.29, 0.717) is 12.8 Å². The van der Waals surface area contributed by atoms with E-state index in [0.717, 1.165) is 57.8 Å². The lowest BCUT2D eigenvalue weighted by atomic mass is 10.0. The van der Waals surface area contributed by atoms with Gasteiger partial charge in [0, 0.05) is 6.42 Å². The summed E-state index contributed by atoms with van der Waals surface area (Å²) in [5.41, 5.74) is 0. The molecule has 0 heterocycles. The summed E-state index contributed by atoms with van der Waals surface area (Å²) >= 11 is 0. The van der Waals surface area contributed by atoms with Gasteiger partial charge in [-0.15, -0.1) is 0 Å². The van der Waals surface area contributed by atoms with Crippen molar-refractivity contribution in [2.75, 3.05) is 6.61 Å². The minimum Gasteiger partial charge on any atom is -0.394 e. The number of hydrogen-bond acceptors (Lipinski definition) is 3. The van der Waals surface area contributed by atoms with Crippen LogP contribution in [-0.4, -0.2) is 34.9 Å². The van der Waals surface area contributed by atoms with E-state index < -0.39 is 12.1 Å². The number of carbonyl (C=O) groups is 1. The molecule has 0 aromatic heterocycles. The van der Waals surface area contributed by atoms with Crippen LogP contribution < -0.4 is 5.32 Å². The molecule has 0 aromatic rings. The summed E-state index contributed by atoms with van der Waals surface area (Å²) in [4.78, 5) is 12.5. The van der Waals surface area contributed by atoms with Gasteiger partial charge in [0.1, 0.15) is 0 Å². The molecule has 4 nitrogen and oxygen atoms in total. The molecule has 0 fully saturated rings. The fourth-order valence-electron chi connectivity index (χ4n) is 8.57. The smallest absolute Gasteiger partial charge is 0.220 e. The highest BCUT2D eigenvalue weighted by Gasteiger charge is 2.20. The van der Waals surface area contributed by atoms with Crippen molar-refractivity contribution in [1.82, 2.24) is 5.32 Å². The first-order chi connectivity index (χ1) is 31.2. The van der Waals surface area contributed by atoms with Gasteiger partial charge >= 0.3 is 0 Å². The Morgan fingerprint density at radius 3 is 1.05 bits per heavy atom. The number of hydrogen-bond donors (Lipinski definition) is 3. The highest BCUT2D eigenvalue weighted by Crippen LogP contribution is 2.17. The fourth-order valence-corrected chi connectivity index (χ4v) is 8.57. The van der Waals surface area contributed by atoms with E-state index in [4.69, 9.17) is 0 Å². The molecular weight excluding hydrogens is 771 g/mol. The van der Waals surface area contributed by atoms with Crippen molar-refractivity contribution in [2.24, 2.45) is 0 Å². The predicted octanol–water partition coefficient (Wildman–Crippen LogP) is 18.4. The van der Waals surface area contributed by atoms with E-state index in [9.17, 15) is 15.0 Å². The Kier molecular flexibility index (Phi) is 52.8. The average Bonchev–Trinajstić information content (AvgIpc) is 3.29. The van der Waals surface area contributed by atoms with Crippen molar-refractivity contribution in [1.29, 1.82) is 0 Å². The number of aliphatic hydroxyl groups excluding tert-OH is 2. The molecule has 0 saturated carbocycles. The third-order valence-electron chi connectivity index (χ3n) is 12.8. The van der Waals surface area contributed by atoms with Gasteiger partial charge in [-0.05, 0) is 57.8 Å². The van der Waals surface area contributed by atoms with Gasteiger partial charge in [-0.25, -0.2) is 0 Å². The first-order valence-corrected chi connectivity index (χ1v) is 28.0. The molecule has 1 amide bonds. The molecule has 2 atom stereocenters. The number of rotatable bonds is 51. The van der Waals surface area contributed by atoms with Crippen molar-refractivity contribution in [3.63, 3.8) is 0 Å². The van der Waals surface area contributed by atoms with Crippen LogP contribution in [-0.2, 0) is 4.79 Å². The zero-order chi connectivity index (χ0) is 45.6. The SMILES string of the molecule is CC/C=C\C/C=C\C/C=C\C/C=C\C/C=C\CCCCCCCCCCCCCCCCCCCC(=O)NC(CO)C(O)CCCCCCCCCCCCCCCCCCCC. The van der Waals surface area contributed by atoms with Gasteiger partial charge in [-0.1, -0.05) is 286 Å². The summed E-state index contributed by atoms with van der Waals surface area (Å²) in [6.45, 7) is 4.27. The maximum atomic E-state index is 12.5. The topological polar surface area (TPSA) is 69.6 Å². The third-order valence-corrected chi connectivity index (χ3v) is 12.8. The van der Waals surface area contributed by atoms with Crippen LogP contribution in [0, 0.1) is 0 Å². The first-order valence-electron chi connectivity index (χ1n) is 28.0. The largest absolute Gasteiger partial charge is 0.394 e. The number of nitrogens with one attached hydrogen (secondary N) is 1. The molecule has 0 aliphatic carbocycles. The molecule has 3 N–H and O–H groups in total. The Labute approximate surface area is 394 Å². The van der Waals surface area contributed by atoms with Crippen LogP contribution in [0.15, 0.2) is 60.8 Å². The highest BCUT2D eigenvalue weighted by atomic mass is 16.3. The molecule has 368 valence electrons. The molecule has 0 saturated heterocycles. The molecule has 0 rings (SSSR count).